The van der Waals surface area contributed by atoms with Crippen molar-refractivity contribution in [2.75, 3.05) is 0 Å². The first kappa shape index (κ1) is 10.1. The van der Waals surface area contributed by atoms with Gasteiger partial charge in [0, 0.05) is 12.5 Å². The lowest BCUT2D eigenvalue weighted by Crippen LogP contribution is -2.03. The molecule has 70 valence electrons. The molecular formula is C9H11ClN2O. The number of carbonyl (C=O) groups excluding carboxylic acids is 1. The lowest BCUT2D eigenvalue weighted by molar-refractivity contribution is 0.111. The number of hydrogen-bond donors (Lipinski definition) is 0. The standard InChI is InChI=1S/C9H11ClN2O/c1-6(2)3-9-11-7(5-13)4-8(10)12-9/h4-6H,3H2,1-2H3. The molecule has 4 heteroatoms. The van der Waals surface area contributed by atoms with Crippen LogP contribution in [0.5, 0.6) is 0 Å². The molecule has 0 saturated heterocycles. The summed E-state index contributed by atoms with van der Waals surface area (Å²) < 4.78 is 0. The summed E-state index contributed by atoms with van der Waals surface area (Å²) in [5.74, 6) is 1.09. The van der Waals surface area contributed by atoms with Crippen molar-refractivity contribution in [3.63, 3.8) is 0 Å². The SMILES string of the molecule is CC(C)Cc1nc(Cl)cc(C=O)n1. The fourth-order valence-electron chi connectivity index (χ4n) is 1.00. The maximum absolute atomic E-state index is 10.4. The Morgan fingerprint density at radius 2 is 2.23 bits per heavy atom. The van der Waals surface area contributed by atoms with Crippen LogP contribution >= 0.6 is 11.6 Å². The van der Waals surface area contributed by atoms with Crippen molar-refractivity contribution in [2.45, 2.75) is 20.3 Å². The highest BCUT2D eigenvalue weighted by molar-refractivity contribution is 6.29. The van der Waals surface area contributed by atoms with Gasteiger partial charge in [-0.3, -0.25) is 4.79 Å². The van der Waals surface area contributed by atoms with Crippen LogP contribution in [0.15, 0.2) is 6.07 Å². The molecule has 0 atom stereocenters. The summed E-state index contributed by atoms with van der Waals surface area (Å²) >= 11 is 5.70. The van der Waals surface area contributed by atoms with Gasteiger partial charge in [-0.25, -0.2) is 9.97 Å². The third-order valence-corrected chi connectivity index (χ3v) is 1.67. The molecule has 0 aliphatic heterocycles. The predicted octanol–water partition coefficient (Wildman–Crippen LogP) is 2.14. The molecular weight excluding hydrogens is 188 g/mol. The highest BCUT2D eigenvalue weighted by Gasteiger charge is 2.04. The molecule has 0 bridgehead atoms. The zero-order valence-electron chi connectivity index (χ0n) is 7.62. The third kappa shape index (κ3) is 3.11. The molecule has 0 saturated carbocycles. The summed E-state index contributed by atoms with van der Waals surface area (Å²) in [6.45, 7) is 4.12. The lowest BCUT2D eigenvalue weighted by atomic mass is 10.1. The normalized spacial score (nSPS) is 10.5. The number of hydrogen-bond acceptors (Lipinski definition) is 3. The van der Waals surface area contributed by atoms with Crippen molar-refractivity contribution in [3.05, 3.63) is 22.7 Å². The van der Waals surface area contributed by atoms with E-state index in [0.29, 0.717) is 28.9 Å². The van der Waals surface area contributed by atoms with Gasteiger partial charge in [0.1, 0.15) is 16.7 Å². The van der Waals surface area contributed by atoms with Crippen molar-refractivity contribution >= 4 is 17.9 Å². The van der Waals surface area contributed by atoms with Crippen molar-refractivity contribution in [1.82, 2.24) is 9.97 Å². The molecule has 0 spiro atoms. The predicted molar refractivity (Wildman–Crippen MR) is 51.0 cm³/mol. The Kier molecular flexibility index (Phi) is 3.37. The molecule has 3 nitrogen and oxygen atoms in total. The maximum Gasteiger partial charge on any atom is 0.168 e. The molecule has 13 heavy (non-hydrogen) atoms. The van der Waals surface area contributed by atoms with Gasteiger partial charge in [-0.05, 0) is 5.92 Å². The van der Waals surface area contributed by atoms with Crippen LogP contribution in [0, 0.1) is 5.92 Å². The second-order valence-electron chi connectivity index (χ2n) is 3.25. The quantitative estimate of drug-likeness (QED) is 0.552. The largest absolute Gasteiger partial charge is 0.296 e. The van der Waals surface area contributed by atoms with E-state index >= 15 is 0 Å². The van der Waals surface area contributed by atoms with Crippen LogP contribution in [0.1, 0.15) is 30.2 Å². The number of aldehydes is 1. The summed E-state index contributed by atoms with van der Waals surface area (Å²) in [5, 5.41) is 0.327. The van der Waals surface area contributed by atoms with Gasteiger partial charge in [-0.15, -0.1) is 0 Å². The van der Waals surface area contributed by atoms with Crippen LogP contribution in [0.25, 0.3) is 0 Å². The first-order valence-corrected chi connectivity index (χ1v) is 4.48. The van der Waals surface area contributed by atoms with Gasteiger partial charge < -0.3 is 0 Å². The van der Waals surface area contributed by atoms with Crippen molar-refractivity contribution in [1.29, 1.82) is 0 Å². The van der Waals surface area contributed by atoms with E-state index in [-0.39, 0.29) is 0 Å². The Balaban J connectivity index is 2.94. The maximum atomic E-state index is 10.4. The van der Waals surface area contributed by atoms with Gasteiger partial charge in [-0.1, -0.05) is 25.4 Å². The van der Waals surface area contributed by atoms with E-state index in [2.05, 4.69) is 23.8 Å². The summed E-state index contributed by atoms with van der Waals surface area (Å²) in [5.41, 5.74) is 0.343. The molecule has 1 aromatic heterocycles. The third-order valence-electron chi connectivity index (χ3n) is 1.47. The van der Waals surface area contributed by atoms with Gasteiger partial charge in [0.15, 0.2) is 6.29 Å². The van der Waals surface area contributed by atoms with Crippen LogP contribution in [0.3, 0.4) is 0 Å². The molecule has 1 aromatic rings. The van der Waals surface area contributed by atoms with Gasteiger partial charge in [0.2, 0.25) is 0 Å². The average molecular weight is 199 g/mol. The molecule has 0 amide bonds. The second kappa shape index (κ2) is 4.33. The van der Waals surface area contributed by atoms with E-state index in [1.165, 1.54) is 6.07 Å². The van der Waals surface area contributed by atoms with Crippen LogP contribution in [0.2, 0.25) is 5.15 Å². The first-order chi connectivity index (χ1) is 6.11. The topological polar surface area (TPSA) is 42.9 Å². The summed E-state index contributed by atoms with van der Waals surface area (Å²) in [6, 6.07) is 1.46. The zero-order valence-corrected chi connectivity index (χ0v) is 8.38. The molecule has 0 aromatic carbocycles. The lowest BCUT2D eigenvalue weighted by Gasteiger charge is -2.03. The molecule has 0 aliphatic rings. The van der Waals surface area contributed by atoms with E-state index in [4.69, 9.17) is 11.6 Å². The van der Waals surface area contributed by atoms with Crippen molar-refractivity contribution in [2.24, 2.45) is 5.92 Å². The molecule has 0 N–H and O–H groups in total. The number of halogens is 1. The fourth-order valence-corrected chi connectivity index (χ4v) is 1.21. The smallest absolute Gasteiger partial charge is 0.168 e. The van der Waals surface area contributed by atoms with Crippen LogP contribution in [-0.2, 0) is 6.42 Å². The Labute approximate surface area is 82.2 Å². The van der Waals surface area contributed by atoms with Crippen molar-refractivity contribution < 1.29 is 4.79 Å². The Morgan fingerprint density at radius 1 is 1.54 bits per heavy atom. The van der Waals surface area contributed by atoms with Crippen LogP contribution < -0.4 is 0 Å². The second-order valence-corrected chi connectivity index (χ2v) is 3.63. The molecule has 0 radical (unpaired) electrons. The van der Waals surface area contributed by atoms with Crippen LogP contribution in [-0.4, -0.2) is 16.3 Å². The van der Waals surface area contributed by atoms with E-state index in [1.54, 1.807) is 0 Å². The van der Waals surface area contributed by atoms with Gasteiger partial charge in [-0.2, -0.15) is 0 Å². The zero-order chi connectivity index (χ0) is 9.84. The van der Waals surface area contributed by atoms with Gasteiger partial charge >= 0.3 is 0 Å². The minimum absolute atomic E-state index is 0.327. The molecule has 0 aliphatic carbocycles. The van der Waals surface area contributed by atoms with E-state index in [0.717, 1.165) is 6.42 Å². The van der Waals surface area contributed by atoms with Crippen molar-refractivity contribution in [3.8, 4) is 0 Å². The van der Waals surface area contributed by atoms with E-state index < -0.39 is 0 Å². The summed E-state index contributed by atoms with van der Waals surface area (Å²) in [7, 11) is 0. The summed E-state index contributed by atoms with van der Waals surface area (Å²) in [6.07, 6.45) is 1.42. The van der Waals surface area contributed by atoms with Gasteiger partial charge in [0.05, 0.1) is 0 Å². The molecule has 0 fully saturated rings. The Morgan fingerprint density at radius 3 is 2.77 bits per heavy atom. The highest BCUT2D eigenvalue weighted by Crippen LogP contribution is 2.09. The van der Waals surface area contributed by atoms with E-state index in [1.807, 2.05) is 0 Å². The first-order valence-electron chi connectivity index (χ1n) is 4.10. The number of rotatable bonds is 3. The minimum atomic E-state index is 0.327. The minimum Gasteiger partial charge on any atom is -0.296 e. The number of aromatic nitrogens is 2. The Bertz CT molecular complexity index is 312. The van der Waals surface area contributed by atoms with Crippen LogP contribution in [0.4, 0.5) is 0 Å². The molecule has 0 unspecified atom stereocenters. The molecule has 1 rings (SSSR count). The number of nitrogens with zero attached hydrogens (tertiary/aromatic N) is 2. The van der Waals surface area contributed by atoms with Gasteiger partial charge in [0.25, 0.3) is 0 Å². The molecule has 1 heterocycles. The monoisotopic (exact) mass is 198 g/mol. The van der Waals surface area contributed by atoms with E-state index in [9.17, 15) is 4.79 Å². The summed E-state index contributed by atoms with van der Waals surface area (Å²) in [4.78, 5) is 18.5. The Hall–Kier alpha value is -0.960. The number of carbonyl (C=O) groups is 1. The fraction of sp³-hybridized carbons (Fsp3) is 0.444. The highest BCUT2D eigenvalue weighted by atomic mass is 35.5. The average Bonchev–Trinajstić information content (AvgIpc) is 2.01.